The molecule has 4 heterocycles. The first-order valence-corrected chi connectivity index (χ1v) is 14.2. The number of aromatic nitrogens is 2. The molecule has 0 radical (unpaired) electrons. The van der Waals surface area contributed by atoms with Crippen LogP contribution in [0.2, 0.25) is 0 Å². The van der Waals surface area contributed by atoms with E-state index in [1.165, 1.54) is 31.4 Å². The largest absolute Gasteiger partial charge is 0.454 e. The van der Waals surface area contributed by atoms with E-state index in [4.69, 9.17) is 31.7 Å². The molecule has 204 valence electrons. The number of benzene rings is 2. The van der Waals surface area contributed by atoms with Crippen LogP contribution in [0.25, 0.3) is 0 Å². The van der Waals surface area contributed by atoms with Gasteiger partial charge in [-0.25, -0.2) is 0 Å². The van der Waals surface area contributed by atoms with Crippen LogP contribution in [0.5, 0.6) is 11.5 Å². The van der Waals surface area contributed by atoms with Crippen molar-refractivity contribution in [3.05, 3.63) is 60.2 Å². The maximum absolute atomic E-state index is 5.63. The lowest BCUT2D eigenvalue weighted by atomic mass is 10.2. The predicted molar refractivity (Wildman–Crippen MR) is 159 cm³/mol. The highest BCUT2D eigenvalue weighted by Gasteiger charge is 2.22. The molecule has 1 aromatic heterocycles. The Labute approximate surface area is 235 Å². The normalized spacial score (nSPS) is 17.1. The molecule has 2 saturated heterocycles. The van der Waals surface area contributed by atoms with Gasteiger partial charge in [-0.3, -0.25) is 0 Å². The number of nitrogens with zero attached hydrogens (tertiary/aromatic N) is 5. The Balaban J connectivity index is 1.15. The van der Waals surface area contributed by atoms with E-state index < -0.39 is 0 Å². The summed E-state index contributed by atoms with van der Waals surface area (Å²) in [6.07, 6.45) is 4.92. The second-order valence-corrected chi connectivity index (χ2v) is 10.5. The van der Waals surface area contributed by atoms with Gasteiger partial charge in [-0.05, 0) is 54.9 Å². The molecule has 2 aromatic carbocycles. The predicted octanol–water partition coefficient (Wildman–Crippen LogP) is 4.40. The number of para-hydroxylation sites is 1. The quantitative estimate of drug-likeness (QED) is 0.435. The van der Waals surface area contributed by atoms with Crippen LogP contribution in [0, 0.1) is 0 Å². The molecule has 6 rings (SSSR count). The molecular formula is C29H35N7O2S. The standard InChI is InChI=1S/C29H35N7O2S/c39-29(30-20-22-10-11-24-25(18-22)38-21-37-24)33-28-31-26(35-12-6-1-2-7-13-35)19-27(32-28)36-16-14-34(15-17-36)23-8-4-3-5-9-23/h3-5,8-11,18-19H,1-2,6-7,12-17,20-21H2,(H2,30,31,32,33,39). The Bertz CT molecular complexity index is 1280. The molecule has 0 spiro atoms. The third-order valence-electron chi connectivity index (χ3n) is 7.47. The monoisotopic (exact) mass is 545 g/mol. The van der Waals surface area contributed by atoms with E-state index in [0.29, 0.717) is 17.6 Å². The zero-order valence-electron chi connectivity index (χ0n) is 22.1. The highest BCUT2D eigenvalue weighted by Crippen LogP contribution is 2.32. The van der Waals surface area contributed by atoms with Crippen molar-refractivity contribution in [3.63, 3.8) is 0 Å². The zero-order chi connectivity index (χ0) is 26.4. The Morgan fingerprint density at radius 3 is 2.15 bits per heavy atom. The van der Waals surface area contributed by atoms with Crippen LogP contribution in [0.15, 0.2) is 54.6 Å². The third-order valence-corrected chi connectivity index (χ3v) is 7.72. The number of nitrogens with one attached hydrogen (secondary N) is 2. The van der Waals surface area contributed by atoms with Crippen LogP contribution >= 0.6 is 12.2 Å². The summed E-state index contributed by atoms with van der Waals surface area (Å²) in [5.41, 5.74) is 2.32. The maximum Gasteiger partial charge on any atom is 0.232 e. The van der Waals surface area contributed by atoms with E-state index >= 15 is 0 Å². The average molecular weight is 546 g/mol. The van der Waals surface area contributed by atoms with E-state index in [0.717, 1.165) is 68.0 Å². The zero-order valence-corrected chi connectivity index (χ0v) is 23.0. The lowest BCUT2D eigenvalue weighted by molar-refractivity contribution is 0.174. The van der Waals surface area contributed by atoms with Crippen molar-refractivity contribution in [3.8, 4) is 11.5 Å². The smallest absolute Gasteiger partial charge is 0.232 e. The van der Waals surface area contributed by atoms with Crippen molar-refractivity contribution in [2.24, 2.45) is 0 Å². The summed E-state index contributed by atoms with van der Waals surface area (Å²) in [6, 6.07) is 18.7. The molecule has 0 bridgehead atoms. The van der Waals surface area contributed by atoms with Gasteiger partial charge >= 0.3 is 0 Å². The molecule has 2 N–H and O–H groups in total. The van der Waals surface area contributed by atoms with Crippen molar-refractivity contribution < 1.29 is 9.47 Å². The molecular weight excluding hydrogens is 510 g/mol. The lowest BCUT2D eigenvalue weighted by Crippen LogP contribution is -2.47. The molecule has 0 amide bonds. The maximum atomic E-state index is 5.63. The van der Waals surface area contributed by atoms with Gasteiger partial charge in [-0.2, -0.15) is 9.97 Å². The van der Waals surface area contributed by atoms with E-state index in [9.17, 15) is 0 Å². The van der Waals surface area contributed by atoms with Crippen LogP contribution in [0.3, 0.4) is 0 Å². The number of anilines is 4. The first-order valence-electron chi connectivity index (χ1n) is 13.8. The molecule has 3 aromatic rings. The molecule has 9 nitrogen and oxygen atoms in total. The summed E-state index contributed by atoms with van der Waals surface area (Å²) < 4.78 is 10.9. The summed E-state index contributed by atoms with van der Waals surface area (Å²) in [4.78, 5) is 17.0. The molecule has 0 unspecified atom stereocenters. The van der Waals surface area contributed by atoms with E-state index in [2.05, 4.69) is 61.7 Å². The Morgan fingerprint density at radius 1 is 0.744 bits per heavy atom. The fourth-order valence-electron chi connectivity index (χ4n) is 5.31. The fraction of sp³-hybridized carbons (Fsp3) is 0.414. The van der Waals surface area contributed by atoms with Crippen LogP contribution < -0.4 is 34.8 Å². The highest BCUT2D eigenvalue weighted by atomic mass is 32.1. The van der Waals surface area contributed by atoms with Gasteiger partial charge in [0.05, 0.1) is 0 Å². The minimum Gasteiger partial charge on any atom is -0.454 e. The molecule has 39 heavy (non-hydrogen) atoms. The molecule has 0 atom stereocenters. The van der Waals surface area contributed by atoms with Gasteiger partial charge < -0.3 is 34.8 Å². The van der Waals surface area contributed by atoms with Crippen molar-refractivity contribution in [1.82, 2.24) is 15.3 Å². The summed E-state index contributed by atoms with van der Waals surface area (Å²) in [6.45, 7) is 6.56. The van der Waals surface area contributed by atoms with E-state index in [1.54, 1.807) is 0 Å². The van der Waals surface area contributed by atoms with E-state index in [-0.39, 0.29) is 6.79 Å². The molecule has 0 aliphatic carbocycles. The number of piperazine rings is 1. The first kappa shape index (κ1) is 25.5. The van der Waals surface area contributed by atoms with Crippen LogP contribution in [0.1, 0.15) is 31.2 Å². The van der Waals surface area contributed by atoms with Crippen molar-refractivity contribution >= 4 is 40.6 Å². The number of hydrogen-bond acceptors (Lipinski definition) is 8. The second kappa shape index (κ2) is 11.9. The number of ether oxygens (including phenoxy) is 2. The van der Waals surface area contributed by atoms with Gasteiger partial charge in [-0.1, -0.05) is 37.1 Å². The average Bonchev–Trinajstić information content (AvgIpc) is 3.28. The Kier molecular flexibility index (Phi) is 7.80. The fourth-order valence-corrected chi connectivity index (χ4v) is 5.48. The highest BCUT2D eigenvalue weighted by molar-refractivity contribution is 7.80. The Hall–Kier alpha value is -3.79. The number of thiocarbonyl (C=S) groups is 1. The Morgan fingerprint density at radius 2 is 1.41 bits per heavy atom. The van der Waals surface area contributed by atoms with Gasteiger partial charge in [0.2, 0.25) is 12.7 Å². The summed E-state index contributed by atoms with van der Waals surface area (Å²) in [7, 11) is 0. The van der Waals surface area contributed by atoms with Gasteiger partial charge in [0.25, 0.3) is 0 Å². The molecule has 0 saturated carbocycles. The van der Waals surface area contributed by atoms with Gasteiger partial charge in [-0.15, -0.1) is 0 Å². The number of rotatable bonds is 6. The second-order valence-electron chi connectivity index (χ2n) is 10.1. The number of hydrogen-bond donors (Lipinski definition) is 2. The SMILES string of the molecule is S=C(NCc1ccc2c(c1)OCO2)Nc1nc(N2CCCCCC2)cc(N2CCN(c3ccccc3)CC2)n1. The molecule has 3 aliphatic rings. The summed E-state index contributed by atoms with van der Waals surface area (Å²) >= 11 is 5.63. The topological polar surface area (TPSA) is 78.0 Å². The molecule has 10 heteroatoms. The summed E-state index contributed by atoms with van der Waals surface area (Å²) in [5.74, 6) is 3.97. The molecule has 2 fully saturated rings. The molecule has 3 aliphatic heterocycles. The van der Waals surface area contributed by atoms with Gasteiger partial charge in [0, 0.05) is 57.6 Å². The lowest BCUT2D eigenvalue weighted by Gasteiger charge is -2.37. The minimum atomic E-state index is 0.264. The first-order chi connectivity index (χ1) is 19.2. The number of fused-ring (bicyclic) bond motifs is 1. The van der Waals surface area contributed by atoms with E-state index in [1.807, 2.05) is 18.2 Å². The third kappa shape index (κ3) is 6.27. The van der Waals surface area contributed by atoms with Crippen molar-refractivity contribution in [2.75, 3.05) is 66.1 Å². The van der Waals surface area contributed by atoms with Crippen molar-refractivity contribution in [1.29, 1.82) is 0 Å². The van der Waals surface area contributed by atoms with Crippen LogP contribution in [-0.2, 0) is 6.54 Å². The minimum absolute atomic E-state index is 0.264. The van der Waals surface area contributed by atoms with Gasteiger partial charge in [0.1, 0.15) is 11.6 Å². The van der Waals surface area contributed by atoms with Gasteiger partial charge in [0.15, 0.2) is 16.6 Å². The summed E-state index contributed by atoms with van der Waals surface area (Å²) in [5, 5.41) is 7.02. The van der Waals surface area contributed by atoms with Crippen molar-refractivity contribution in [2.45, 2.75) is 32.2 Å². The van der Waals surface area contributed by atoms with Crippen LogP contribution in [-0.4, -0.2) is 61.1 Å². The van der Waals surface area contributed by atoms with Crippen LogP contribution in [0.4, 0.5) is 23.3 Å².